The van der Waals surface area contributed by atoms with Crippen LogP contribution in [0, 0.1) is 0 Å². The number of hydrogen-bond donors (Lipinski definition) is 8. The second-order valence-corrected chi connectivity index (χ2v) is 6.32. The van der Waals surface area contributed by atoms with Crippen LogP contribution >= 0.6 is 0 Å². The average Bonchev–Trinajstić information content (AvgIpc) is 2.61. The normalized spacial score (nSPS) is 49.8. The summed E-state index contributed by atoms with van der Waals surface area (Å²) in [5, 5.41) is 78.3. The van der Waals surface area contributed by atoms with Crippen LogP contribution in [0.3, 0.4) is 0 Å². The second kappa shape index (κ2) is 8.08. The van der Waals surface area contributed by atoms with Crippen molar-refractivity contribution in [3.8, 4) is 0 Å². The molecule has 0 spiro atoms. The van der Waals surface area contributed by atoms with E-state index in [1.807, 2.05) is 0 Å². The van der Waals surface area contributed by atoms with Crippen LogP contribution in [0.2, 0.25) is 0 Å². The lowest BCUT2D eigenvalue weighted by molar-refractivity contribution is -0.372. The minimum atomic E-state index is -2.78. The molecule has 2 aliphatic rings. The van der Waals surface area contributed by atoms with Gasteiger partial charge in [0, 0.05) is 6.92 Å². The van der Waals surface area contributed by atoms with Gasteiger partial charge in [-0.3, -0.25) is 4.79 Å². The van der Waals surface area contributed by atoms with Crippen molar-refractivity contribution in [2.24, 2.45) is 0 Å². The molecule has 0 radical (unpaired) electrons. The summed E-state index contributed by atoms with van der Waals surface area (Å²) in [5.41, 5.74) is 0. The molecule has 0 aliphatic carbocycles. The Hall–Kier alpha value is -0.770. The van der Waals surface area contributed by atoms with E-state index < -0.39 is 79.9 Å². The van der Waals surface area contributed by atoms with E-state index in [0.29, 0.717) is 0 Å². The molecule has 0 unspecified atom stereocenters. The van der Waals surface area contributed by atoms with E-state index in [1.165, 1.54) is 0 Å². The highest BCUT2D eigenvalue weighted by molar-refractivity contribution is 5.84. The number of ketones is 1. The van der Waals surface area contributed by atoms with Crippen molar-refractivity contribution in [2.45, 2.75) is 67.8 Å². The molecule has 2 rings (SSSR count). The minimum absolute atomic E-state index is 0.718. The summed E-state index contributed by atoms with van der Waals surface area (Å²) in [7, 11) is 0. The topological polar surface area (TPSA) is 207 Å². The van der Waals surface area contributed by atoms with Gasteiger partial charge in [-0.05, 0) is 0 Å². The van der Waals surface area contributed by atoms with Crippen molar-refractivity contribution in [1.82, 2.24) is 0 Å². The summed E-state index contributed by atoms with van der Waals surface area (Å²) in [4.78, 5) is 11.5. The fourth-order valence-electron chi connectivity index (χ4n) is 2.93. The fraction of sp³-hybridized carbons (Fsp3) is 0.929. The molecule has 2 fully saturated rings. The van der Waals surface area contributed by atoms with E-state index in [9.17, 15) is 40.5 Å². The first kappa shape index (κ1) is 21.5. The van der Waals surface area contributed by atoms with E-state index >= 15 is 0 Å². The molecule has 0 aromatic carbocycles. The number of ether oxygens (including phenoxy) is 3. The Morgan fingerprint density at radius 2 is 1.54 bits per heavy atom. The van der Waals surface area contributed by atoms with Crippen LogP contribution in [0.1, 0.15) is 6.92 Å². The first-order valence-corrected chi connectivity index (χ1v) is 7.92. The number of hydrogen-bond acceptors (Lipinski definition) is 12. The molecule has 0 aromatic rings. The van der Waals surface area contributed by atoms with Crippen LogP contribution in [0.25, 0.3) is 0 Å². The van der Waals surface area contributed by atoms with Crippen molar-refractivity contribution in [3.63, 3.8) is 0 Å². The maximum atomic E-state index is 11.5. The Labute approximate surface area is 147 Å². The molecule has 0 saturated carbocycles. The quantitative estimate of drug-likeness (QED) is 0.223. The summed E-state index contributed by atoms with van der Waals surface area (Å²) < 4.78 is 15.4. The van der Waals surface area contributed by atoms with Crippen molar-refractivity contribution in [3.05, 3.63) is 0 Å². The third kappa shape index (κ3) is 3.63. The summed E-state index contributed by atoms with van der Waals surface area (Å²) in [6.45, 7) is -0.657. The first-order chi connectivity index (χ1) is 12.1. The van der Waals surface area contributed by atoms with Gasteiger partial charge >= 0.3 is 0 Å². The lowest BCUT2D eigenvalue weighted by Gasteiger charge is -2.48. The molecule has 26 heavy (non-hydrogen) atoms. The SMILES string of the molecule is CC(=O)[C@@]1(O)O[C@H](CO)[C@@H](O[C@@H]2O[C@H](CO)[C@H](O)[C@H](O)[C@H]2O)[C@H](O)[C@H]1O. The number of carbonyl (C=O) groups is 1. The molecule has 2 heterocycles. The van der Waals surface area contributed by atoms with E-state index in [4.69, 9.17) is 19.3 Å². The number of aliphatic hydroxyl groups excluding tert-OH is 7. The smallest absolute Gasteiger partial charge is 0.256 e. The van der Waals surface area contributed by atoms with Crippen molar-refractivity contribution < 1.29 is 59.9 Å². The van der Waals surface area contributed by atoms with Crippen molar-refractivity contribution in [2.75, 3.05) is 13.2 Å². The van der Waals surface area contributed by atoms with Crippen molar-refractivity contribution in [1.29, 1.82) is 0 Å². The minimum Gasteiger partial charge on any atom is -0.394 e. The maximum Gasteiger partial charge on any atom is 0.256 e. The number of carbonyl (C=O) groups excluding carboxylic acids is 1. The predicted octanol–water partition coefficient (Wildman–Crippen LogP) is -5.44. The van der Waals surface area contributed by atoms with E-state index in [0.717, 1.165) is 6.92 Å². The van der Waals surface area contributed by atoms with Crippen LogP contribution in [-0.2, 0) is 19.0 Å². The maximum absolute atomic E-state index is 11.5. The largest absolute Gasteiger partial charge is 0.394 e. The Kier molecular flexibility index (Phi) is 6.69. The van der Waals surface area contributed by atoms with Gasteiger partial charge in [0.05, 0.1) is 13.2 Å². The molecule has 0 amide bonds. The third-order valence-corrected chi connectivity index (χ3v) is 4.58. The van der Waals surface area contributed by atoms with Gasteiger partial charge in [-0.25, -0.2) is 0 Å². The first-order valence-electron chi connectivity index (χ1n) is 7.92. The Morgan fingerprint density at radius 1 is 0.962 bits per heavy atom. The Bertz CT molecular complexity index is 498. The molecule has 10 atom stereocenters. The summed E-state index contributed by atoms with van der Waals surface area (Å²) in [6.07, 6.45) is -15.3. The van der Waals surface area contributed by atoms with Crippen LogP contribution in [0.15, 0.2) is 0 Å². The standard InChI is InChI=1S/C14H24O12/c1-4(17)14(23)12(22)10(21)11(6(3-16)26-14)25-13-9(20)8(19)7(18)5(2-15)24-13/h5-13,15-16,18-23H,2-3H2,1H3/t5-,6-,7+,8+,9-,10+,11-,12-,13+,14-/m1/s1. The Balaban J connectivity index is 2.20. The zero-order chi connectivity index (χ0) is 19.8. The summed E-state index contributed by atoms with van der Waals surface area (Å²) >= 11 is 0. The molecule has 2 saturated heterocycles. The molecule has 2 aliphatic heterocycles. The molecule has 152 valence electrons. The number of rotatable bonds is 5. The van der Waals surface area contributed by atoms with Crippen LogP contribution in [0.5, 0.6) is 0 Å². The molecule has 12 nitrogen and oxygen atoms in total. The Morgan fingerprint density at radius 3 is 2.04 bits per heavy atom. The lowest BCUT2D eigenvalue weighted by Crippen LogP contribution is -2.69. The van der Waals surface area contributed by atoms with Gasteiger partial charge in [-0.15, -0.1) is 0 Å². The third-order valence-electron chi connectivity index (χ3n) is 4.58. The molecule has 0 bridgehead atoms. The van der Waals surface area contributed by atoms with Crippen LogP contribution in [0.4, 0.5) is 0 Å². The average molecular weight is 384 g/mol. The molecule has 12 heteroatoms. The monoisotopic (exact) mass is 384 g/mol. The highest BCUT2D eigenvalue weighted by atomic mass is 16.7. The second-order valence-electron chi connectivity index (χ2n) is 6.32. The van der Waals surface area contributed by atoms with Gasteiger partial charge in [0.2, 0.25) is 0 Å². The number of aliphatic hydroxyl groups is 8. The zero-order valence-electron chi connectivity index (χ0n) is 13.8. The highest BCUT2D eigenvalue weighted by Gasteiger charge is 2.57. The molecule has 8 N–H and O–H groups in total. The van der Waals surface area contributed by atoms with E-state index in [-0.39, 0.29) is 0 Å². The number of Topliss-reactive ketones (excluding diaryl/α,β-unsaturated/α-hetero) is 1. The molecular weight excluding hydrogens is 360 g/mol. The zero-order valence-corrected chi connectivity index (χ0v) is 13.8. The summed E-state index contributed by atoms with van der Waals surface area (Å²) in [6, 6.07) is 0. The summed E-state index contributed by atoms with van der Waals surface area (Å²) in [5.74, 6) is -3.80. The van der Waals surface area contributed by atoms with Gasteiger partial charge in [-0.2, -0.15) is 0 Å². The van der Waals surface area contributed by atoms with Crippen molar-refractivity contribution >= 4 is 5.78 Å². The fourth-order valence-corrected chi connectivity index (χ4v) is 2.93. The van der Waals surface area contributed by atoms with Crippen LogP contribution in [-0.4, -0.2) is 121 Å². The lowest BCUT2D eigenvalue weighted by atomic mass is 9.90. The van der Waals surface area contributed by atoms with Crippen LogP contribution < -0.4 is 0 Å². The molecular formula is C14H24O12. The van der Waals surface area contributed by atoms with Gasteiger partial charge in [0.15, 0.2) is 12.1 Å². The van der Waals surface area contributed by atoms with Gasteiger partial charge in [0.1, 0.15) is 48.8 Å². The van der Waals surface area contributed by atoms with E-state index in [2.05, 4.69) is 0 Å². The highest BCUT2D eigenvalue weighted by Crippen LogP contribution is 2.33. The van der Waals surface area contributed by atoms with E-state index in [1.54, 1.807) is 0 Å². The molecule has 0 aromatic heterocycles. The van der Waals surface area contributed by atoms with Gasteiger partial charge in [-0.1, -0.05) is 0 Å². The van der Waals surface area contributed by atoms with Gasteiger partial charge in [0.25, 0.3) is 5.79 Å². The van der Waals surface area contributed by atoms with Gasteiger partial charge < -0.3 is 55.1 Å². The predicted molar refractivity (Wildman–Crippen MR) is 78.2 cm³/mol.